The van der Waals surface area contributed by atoms with Gasteiger partial charge in [0.25, 0.3) is 0 Å². The zero-order chi connectivity index (χ0) is 18.8. The molecular formula is C18H24N4O2S2. The Morgan fingerprint density at radius 3 is 2.58 bits per heavy atom. The van der Waals surface area contributed by atoms with E-state index in [-0.39, 0.29) is 4.90 Å². The highest BCUT2D eigenvalue weighted by atomic mass is 32.2. The second kappa shape index (κ2) is 10.2. The predicted molar refractivity (Wildman–Crippen MR) is 108 cm³/mol. The molecule has 0 aliphatic heterocycles. The number of aliphatic imine (C=N–C) groups is 1. The molecule has 26 heavy (non-hydrogen) atoms. The molecule has 0 spiro atoms. The van der Waals surface area contributed by atoms with E-state index in [0.717, 1.165) is 24.4 Å². The summed E-state index contributed by atoms with van der Waals surface area (Å²) in [7, 11) is -3.70. The summed E-state index contributed by atoms with van der Waals surface area (Å²) in [5, 5.41) is 11.6. The molecular weight excluding hydrogens is 368 g/mol. The Kier molecular flexibility index (Phi) is 7.96. The lowest BCUT2D eigenvalue weighted by Gasteiger charge is -2.11. The van der Waals surface area contributed by atoms with Gasteiger partial charge in [0.05, 0.1) is 11.4 Å². The SMILES string of the molecule is CCNC(=NCc1cccc(S(N)(=O)=O)c1)NCCSc1ccccc1. The van der Waals surface area contributed by atoms with E-state index in [4.69, 9.17) is 5.14 Å². The van der Waals surface area contributed by atoms with Crippen molar-refractivity contribution in [1.82, 2.24) is 10.6 Å². The minimum absolute atomic E-state index is 0.0995. The van der Waals surface area contributed by atoms with E-state index in [2.05, 4.69) is 27.8 Å². The summed E-state index contributed by atoms with van der Waals surface area (Å²) >= 11 is 1.77. The van der Waals surface area contributed by atoms with Crippen LogP contribution < -0.4 is 15.8 Å². The van der Waals surface area contributed by atoms with Gasteiger partial charge in [0.2, 0.25) is 10.0 Å². The van der Waals surface area contributed by atoms with Gasteiger partial charge in [-0.2, -0.15) is 0 Å². The Morgan fingerprint density at radius 1 is 1.12 bits per heavy atom. The van der Waals surface area contributed by atoms with Gasteiger partial charge in [0, 0.05) is 23.7 Å². The number of rotatable bonds is 8. The molecule has 0 saturated carbocycles. The van der Waals surface area contributed by atoms with Crippen molar-refractivity contribution in [3.63, 3.8) is 0 Å². The number of hydrogen-bond donors (Lipinski definition) is 3. The summed E-state index contributed by atoms with van der Waals surface area (Å²) in [6.45, 7) is 3.87. The molecule has 0 fully saturated rings. The Bertz CT molecular complexity index is 824. The van der Waals surface area contributed by atoms with Crippen LogP contribution in [0.4, 0.5) is 0 Å². The van der Waals surface area contributed by atoms with Crippen LogP contribution in [0, 0.1) is 0 Å². The molecule has 0 bridgehead atoms. The molecule has 2 rings (SSSR count). The lowest BCUT2D eigenvalue weighted by Crippen LogP contribution is -2.38. The van der Waals surface area contributed by atoms with Gasteiger partial charge in [0.15, 0.2) is 5.96 Å². The van der Waals surface area contributed by atoms with Crippen LogP contribution in [0.2, 0.25) is 0 Å². The zero-order valence-electron chi connectivity index (χ0n) is 14.7. The fourth-order valence-corrected chi connectivity index (χ4v) is 3.56. The van der Waals surface area contributed by atoms with Gasteiger partial charge in [-0.1, -0.05) is 30.3 Å². The summed E-state index contributed by atoms with van der Waals surface area (Å²) < 4.78 is 22.9. The molecule has 6 nitrogen and oxygen atoms in total. The van der Waals surface area contributed by atoms with E-state index >= 15 is 0 Å². The van der Waals surface area contributed by atoms with Gasteiger partial charge in [-0.15, -0.1) is 11.8 Å². The average Bonchev–Trinajstić information content (AvgIpc) is 2.63. The molecule has 0 radical (unpaired) electrons. The van der Waals surface area contributed by atoms with E-state index in [0.29, 0.717) is 12.5 Å². The van der Waals surface area contributed by atoms with Crippen molar-refractivity contribution in [2.24, 2.45) is 10.1 Å². The highest BCUT2D eigenvalue weighted by molar-refractivity contribution is 7.99. The van der Waals surface area contributed by atoms with Crippen LogP contribution in [0.5, 0.6) is 0 Å². The Morgan fingerprint density at radius 2 is 1.88 bits per heavy atom. The maximum atomic E-state index is 11.4. The van der Waals surface area contributed by atoms with Crippen molar-refractivity contribution >= 4 is 27.7 Å². The molecule has 2 aromatic carbocycles. The third-order valence-electron chi connectivity index (χ3n) is 3.40. The largest absolute Gasteiger partial charge is 0.357 e. The summed E-state index contributed by atoms with van der Waals surface area (Å²) in [5.41, 5.74) is 0.785. The first-order valence-electron chi connectivity index (χ1n) is 8.31. The number of benzene rings is 2. The number of sulfonamides is 1. The van der Waals surface area contributed by atoms with Crippen molar-refractivity contribution in [2.45, 2.75) is 23.3 Å². The highest BCUT2D eigenvalue weighted by Gasteiger charge is 2.07. The normalized spacial score (nSPS) is 12.0. The summed E-state index contributed by atoms with van der Waals surface area (Å²) in [5.74, 6) is 1.61. The van der Waals surface area contributed by atoms with Gasteiger partial charge in [-0.05, 0) is 36.8 Å². The minimum atomic E-state index is -3.70. The number of nitrogens with zero attached hydrogens (tertiary/aromatic N) is 1. The third kappa shape index (κ3) is 7.07. The lowest BCUT2D eigenvalue weighted by molar-refractivity contribution is 0.597. The summed E-state index contributed by atoms with van der Waals surface area (Å²) in [4.78, 5) is 5.83. The van der Waals surface area contributed by atoms with E-state index in [9.17, 15) is 8.42 Å². The molecule has 0 aliphatic rings. The van der Waals surface area contributed by atoms with Gasteiger partial charge in [-0.25, -0.2) is 18.5 Å². The first-order chi connectivity index (χ1) is 12.5. The van der Waals surface area contributed by atoms with Crippen LogP contribution in [0.3, 0.4) is 0 Å². The maximum Gasteiger partial charge on any atom is 0.238 e. The van der Waals surface area contributed by atoms with E-state index in [1.807, 2.05) is 31.2 Å². The predicted octanol–water partition coefficient (Wildman–Crippen LogP) is 2.18. The van der Waals surface area contributed by atoms with Gasteiger partial charge < -0.3 is 10.6 Å². The number of guanidine groups is 1. The first kappa shape index (κ1) is 20.3. The molecule has 0 amide bonds. The fourth-order valence-electron chi connectivity index (χ4n) is 2.19. The van der Waals surface area contributed by atoms with Crippen LogP contribution in [0.1, 0.15) is 12.5 Å². The number of thioether (sulfide) groups is 1. The number of nitrogens with two attached hydrogens (primary N) is 1. The van der Waals surface area contributed by atoms with Crippen LogP contribution >= 0.6 is 11.8 Å². The highest BCUT2D eigenvalue weighted by Crippen LogP contribution is 2.15. The van der Waals surface area contributed by atoms with Crippen LogP contribution in [0.15, 0.2) is 69.4 Å². The van der Waals surface area contributed by atoms with Gasteiger partial charge in [0.1, 0.15) is 0 Å². The standard InChI is InChI=1S/C18H24N4O2S2/c1-2-20-18(21-11-12-25-16-8-4-3-5-9-16)22-14-15-7-6-10-17(13-15)26(19,23)24/h3-10,13H,2,11-12,14H2,1H3,(H2,19,23,24)(H2,20,21,22). The topological polar surface area (TPSA) is 96.6 Å². The van der Waals surface area contributed by atoms with E-state index < -0.39 is 10.0 Å². The molecule has 0 atom stereocenters. The molecule has 0 heterocycles. The Balaban J connectivity index is 1.90. The zero-order valence-corrected chi connectivity index (χ0v) is 16.3. The Labute approximate surface area is 159 Å². The smallest absolute Gasteiger partial charge is 0.238 e. The number of primary sulfonamides is 1. The molecule has 4 N–H and O–H groups in total. The summed E-state index contributed by atoms with van der Waals surface area (Å²) in [6.07, 6.45) is 0. The second-order valence-electron chi connectivity index (χ2n) is 5.48. The second-order valence-corrected chi connectivity index (χ2v) is 8.21. The number of hydrogen-bond acceptors (Lipinski definition) is 4. The summed E-state index contributed by atoms with van der Waals surface area (Å²) in [6, 6.07) is 16.7. The lowest BCUT2D eigenvalue weighted by atomic mass is 10.2. The van der Waals surface area contributed by atoms with Crippen LogP contribution in [-0.4, -0.2) is 33.2 Å². The number of nitrogens with one attached hydrogen (secondary N) is 2. The van der Waals surface area contributed by atoms with Crippen LogP contribution in [-0.2, 0) is 16.6 Å². The van der Waals surface area contributed by atoms with Gasteiger partial charge in [-0.3, -0.25) is 0 Å². The average molecular weight is 393 g/mol. The first-order valence-corrected chi connectivity index (χ1v) is 10.8. The van der Waals surface area contributed by atoms with Crippen molar-refractivity contribution < 1.29 is 8.42 Å². The molecule has 8 heteroatoms. The minimum Gasteiger partial charge on any atom is -0.357 e. The quantitative estimate of drug-likeness (QED) is 0.277. The molecule has 0 unspecified atom stereocenters. The molecule has 2 aromatic rings. The monoisotopic (exact) mass is 392 g/mol. The van der Waals surface area contributed by atoms with E-state index in [1.54, 1.807) is 23.9 Å². The van der Waals surface area contributed by atoms with E-state index in [1.165, 1.54) is 11.0 Å². The van der Waals surface area contributed by atoms with Crippen molar-refractivity contribution in [2.75, 3.05) is 18.8 Å². The molecule has 140 valence electrons. The third-order valence-corrected chi connectivity index (χ3v) is 5.32. The fraction of sp³-hybridized carbons (Fsp3) is 0.278. The van der Waals surface area contributed by atoms with Crippen LogP contribution in [0.25, 0.3) is 0 Å². The van der Waals surface area contributed by atoms with Crippen molar-refractivity contribution in [3.05, 3.63) is 60.2 Å². The van der Waals surface area contributed by atoms with Crippen molar-refractivity contribution in [1.29, 1.82) is 0 Å². The molecule has 0 saturated heterocycles. The maximum absolute atomic E-state index is 11.4. The van der Waals surface area contributed by atoms with Crippen molar-refractivity contribution in [3.8, 4) is 0 Å². The molecule has 0 aromatic heterocycles. The molecule has 0 aliphatic carbocycles. The van der Waals surface area contributed by atoms with Gasteiger partial charge >= 0.3 is 0 Å². The Hall–Kier alpha value is -2.03.